The van der Waals surface area contributed by atoms with E-state index in [1.54, 1.807) is 0 Å². The molecule has 0 aliphatic carbocycles. The molecule has 79 heavy (non-hydrogen) atoms. The van der Waals surface area contributed by atoms with Gasteiger partial charge in [0.15, 0.2) is 6.10 Å². The van der Waals surface area contributed by atoms with Crippen LogP contribution in [0.15, 0.2) is 109 Å². The Morgan fingerprint density at radius 2 is 0.684 bits per heavy atom. The zero-order chi connectivity index (χ0) is 57.6. The predicted octanol–water partition coefficient (Wildman–Crippen LogP) is 19.5. The molecule has 9 nitrogen and oxygen atoms in total. The van der Waals surface area contributed by atoms with Gasteiger partial charge in [0.2, 0.25) is 0 Å². The maximum atomic E-state index is 12.9. The number of carbonyl (C=O) groups is 3. The number of esters is 2. The van der Waals surface area contributed by atoms with E-state index in [0.717, 1.165) is 109 Å². The fraction of sp³-hybridized carbons (Fsp3) is 0.700. The summed E-state index contributed by atoms with van der Waals surface area (Å²) in [7, 11) is 5.96. The van der Waals surface area contributed by atoms with Crippen LogP contribution in [-0.2, 0) is 33.3 Å². The third kappa shape index (κ3) is 61.4. The van der Waals surface area contributed by atoms with Crippen molar-refractivity contribution >= 4 is 17.9 Å². The standard InChI is InChI=1S/C70H119NO8/c1-6-8-10-12-14-16-18-20-22-24-26-27-28-29-30-31-32-33-34-35-36-37-38-39-40-41-43-45-47-49-51-53-55-57-59-61-68(73)79-66(65-78-70(69(74)75)76-63-62-71(3,4)5)64-77-67(72)60-58-56-54-52-50-48-46-44-42-25-23-21-19-17-15-13-11-9-7-2/h8-11,14-17,20-23,26-27,29-30,42,44,66,70H,6-7,12-13,18-19,24-25,28,31-41,43,45-65H2,1-5H3/p+1/b10-8-,11-9-,16-14-,17-15-,22-20-,23-21-,27-26-,30-29-,44-42-. The van der Waals surface area contributed by atoms with Crippen molar-refractivity contribution in [2.24, 2.45) is 0 Å². The molecule has 2 unspecified atom stereocenters. The maximum absolute atomic E-state index is 12.9. The van der Waals surface area contributed by atoms with E-state index >= 15 is 0 Å². The van der Waals surface area contributed by atoms with Crippen molar-refractivity contribution in [3.63, 3.8) is 0 Å². The summed E-state index contributed by atoms with van der Waals surface area (Å²) in [5.41, 5.74) is 0. The number of hydrogen-bond acceptors (Lipinski definition) is 7. The van der Waals surface area contributed by atoms with Gasteiger partial charge in [-0.25, -0.2) is 4.79 Å². The average molecular weight is 1100 g/mol. The summed E-state index contributed by atoms with van der Waals surface area (Å²) in [6, 6.07) is 0. The van der Waals surface area contributed by atoms with Gasteiger partial charge in [-0.05, 0) is 96.3 Å². The van der Waals surface area contributed by atoms with Gasteiger partial charge in [-0.3, -0.25) is 9.59 Å². The molecule has 0 aliphatic rings. The van der Waals surface area contributed by atoms with Crippen molar-refractivity contribution in [2.75, 3.05) is 47.5 Å². The molecule has 452 valence electrons. The highest BCUT2D eigenvalue weighted by Crippen LogP contribution is 2.17. The molecule has 0 aliphatic heterocycles. The number of carbonyl (C=O) groups excluding carboxylic acids is 2. The minimum atomic E-state index is -1.52. The molecule has 0 amide bonds. The van der Waals surface area contributed by atoms with Gasteiger partial charge in [-0.15, -0.1) is 0 Å². The normalized spacial score (nSPS) is 13.5. The van der Waals surface area contributed by atoms with E-state index in [9.17, 15) is 19.5 Å². The van der Waals surface area contributed by atoms with Crippen LogP contribution in [0.1, 0.15) is 258 Å². The van der Waals surface area contributed by atoms with Crippen LogP contribution >= 0.6 is 0 Å². The topological polar surface area (TPSA) is 108 Å². The van der Waals surface area contributed by atoms with E-state index in [2.05, 4.69) is 123 Å². The van der Waals surface area contributed by atoms with Gasteiger partial charge in [0, 0.05) is 12.8 Å². The third-order valence-electron chi connectivity index (χ3n) is 13.5. The van der Waals surface area contributed by atoms with E-state index in [0.29, 0.717) is 11.0 Å². The van der Waals surface area contributed by atoms with Gasteiger partial charge in [-0.1, -0.05) is 258 Å². The lowest BCUT2D eigenvalue weighted by Crippen LogP contribution is -2.40. The first-order valence-electron chi connectivity index (χ1n) is 32.1. The van der Waals surface area contributed by atoms with Crippen molar-refractivity contribution in [2.45, 2.75) is 270 Å². The molecular formula is C70H120NO8+. The molecule has 0 spiro atoms. The summed E-state index contributed by atoms with van der Waals surface area (Å²) in [5.74, 6) is -2.02. The number of hydrogen-bond donors (Lipinski definition) is 1. The molecule has 0 fully saturated rings. The zero-order valence-electron chi connectivity index (χ0n) is 51.5. The molecular weight excluding hydrogens is 983 g/mol. The molecule has 1 N–H and O–H groups in total. The molecule has 0 radical (unpaired) electrons. The van der Waals surface area contributed by atoms with Crippen LogP contribution in [-0.4, -0.2) is 87.4 Å². The summed E-state index contributed by atoms with van der Waals surface area (Å²) >= 11 is 0. The molecule has 0 aromatic carbocycles. The van der Waals surface area contributed by atoms with Gasteiger partial charge < -0.3 is 28.5 Å². The van der Waals surface area contributed by atoms with Crippen LogP contribution in [0.2, 0.25) is 0 Å². The Morgan fingerprint density at radius 3 is 1.01 bits per heavy atom. The van der Waals surface area contributed by atoms with Crippen LogP contribution in [0.4, 0.5) is 0 Å². The Morgan fingerprint density at radius 1 is 0.380 bits per heavy atom. The second-order valence-electron chi connectivity index (χ2n) is 22.3. The Balaban J connectivity index is 4.11. The summed E-state index contributed by atoms with van der Waals surface area (Å²) in [5, 5.41) is 9.72. The largest absolute Gasteiger partial charge is 0.477 e. The Kier molecular flexibility index (Phi) is 57.0. The van der Waals surface area contributed by atoms with Gasteiger partial charge in [0.05, 0.1) is 34.4 Å². The van der Waals surface area contributed by atoms with E-state index in [1.165, 1.54) is 122 Å². The fourth-order valence-corrected chi connectivity index (χ4v) is 8.68. The summed E-state index contributed by atoms with van der Waals surface area (Å²) in [6.45, 7) is 4.64. The quantitative estimate of drug-likeness (QED) is 0.0211. The lowest BCUT2D eigenvalue weighted by atomic mass is 10.0. The molecule has 0 saturated carbocycles. The lowest BCUT2D eigenvalue weighted by molar-refractivity contribution is -0.870. The van der Waals surface area contributed by atoms with Gasteiger partial charge in [0.1, 0.15) is 13.2 Å². The number of quaternary nitrogens is 1. The lowest BCUT2D eigenvalue weighted by Gasteiger charge is -2.25. The number of rotatable bonds is 58. The number of aliphatic carboxylic acids is 1. The number of carboxylic acid groups (broad SMARTS) is 1. The minimum Gasteiger partial charge on any atom is -0.477 e. The Hall–Kier alpha value is -4.05. The number of likely N-dealkylation sites (N-methyl/N-ethyl adjacent to an activating group) is 1. The summed E-state index contributed by atoms with van der Waals surface area (Å²) in [4.78, 5) is 37.5. The first-order chi connectivity index (χ1) is 38.6. The highest BCUT2D eigenvalue weighted by molar-refractivity contribution is 5.71. The highest BCUT2D eigenvalue weighted by atomic mass is 16.7. The molecule has 0 rings (SSSR count). The van der Waals surface area contributed by atoms with E-state index in [1.807, 2.05) is 21.1 Å². The van der Waals surface area contributed by atoms with Crippen LogP contribution in [0, 0.1) is 0 Å². The Labute approximate surface area is 485 Å². The number of nitrogens with zero attached hydrogens (tertiary/aromatic N) is 1. The van der Waals surface area contributed by atoms with Gasteiger partial charge in [0.25, 0.3) is 6.29 Å². The zero-order valence-corrected chi connectivity index (χ0v) is 51.5. The first kappa shape index (κ1) is 75.0. The first-order valence-corrected chi connectivity index (χ1v) is 32.1. The minimum absolute atomic E-state index is 0.182. The number of allylic oxidation sites excluding steroid dienone is 18. The number of ether oxygens (including phenoxy) is 4. The van der Waals surface area contributed by atoms with E-state index in [-0.39, 0.29) is 38.6 Å². The molecule has 2 atom stereocenters. The fourth-order valence-electron chi connectivity index (χ4n) is 8.68. The molecule has 0 saturated heterocycles. The second kappa shape index (κ2) is 60.1. The summed E-state index contributed by atoms with van der Waals surface area (Å²) in [6.07, 6.45) is 80.5. The van der Waals surface area contributed by atoms with Crippen LogP contribution in [0.3, 0.4) is 0 Å². The molecule has 0 heterocycles. The SMILES string of the molecule is CC/C=C\C/C=C\C/C=C\C/C=C\C/C=C\CCCCCCCCCCCCCCCCCCCCCC(=O)OC(COC(=O)CCCCCCCC/C=C\C/C=C\C/C=C\C/C=C\CC)COC(OCC[N+](C)(C)C)C(=O)O. The molecule has 0 bridgehead atoms. The highest BCUT2D eigenvalue weighted by Gasteiger charge is 2.25. The third-order valence-corrected chi connectivity index (χ3v) is 13.5. The summed E-state index contributed by atoms with van der Waals surface area (Å²) < 4.78 is 22.9. The van der Waals surface area contributed by atoms with Crippen molar-refractivity contribution in [1.29, 1.82) is 0 Å². The maximum Gasteiger partial charge on any atom is 0.361 e. The van der Waals surface area contributed by atoms with Gasteiger partial charge in [-0.2, -0.15) is 0 Å². The molecule has 0 aromatic rings. The van der Waals surface area contributed by atoms with Crippen molar-refractivity contribution in [1.82, 2.24) is 0 Å². The van der Waals surface area contributed by atoms with E-state index in [4.69, 9.17) is 18.9 Å². The number of unbranched alkanes of at least 4 members (excludes halogenated alkanes) is 25. The second-order valence-corrected chi connectivity index (χ2v) is 22.3. The average Bonchev–Trinajstić information content (AvgIpc) is 3.42. The Bertz CT molecular complexity index is 1660. The van der Waals surface area contributed by atoms with Crippen molar-refractivity contribution in [3.05, 3.63) is 109 Å². The molecule has 9 heteroatoms. The van der Waals surface area contributed by atoms with Gasteiger partial charge >= 0.3 is 17.9 Å². The van der Waals surface area contributed by atoms with Crippen LogP contribution in [0.25, 0.3) is 0 Å². The predicted molar refractivity (Wildman–Crippen MR) is 336 cm³/mol. The number of carboxylic acids is 1. The van der Waals surface area contributed by atoms with Crippen molar-refractivity contribution in [3.8, 4) is 0 Å². The van der Waals surface area contributed by atoms with Crippen molar-refractivity contribution < 1.29 is 42.9 Å². The van der Waals surface area contributed by atoms with Crippen LogP contribution in [0.5, 0.6) is 0 Å². The van der Waals surface area contributed by atoms with Crippen LogP contribution < -0.4 is 0 Å². The smallest absolute Gasteiger partial charge is 0.361 e. The molecule has 0 aromatic heterocycles. The van der Waals surface area contributed by atoms with E-state index < -0.39 is 24.3 Å². The monoisotopic (exact) mass is 1100 g/mol.